The van der Waals surface area contributed by atoms with Crippen molar-refractivity contribution >= 4 is 11.4 Å². The van der Waals surface area contributed by atoms with Crippen LogP contribution in [0.4, 0.5) is 11.4 Å². The normalized spacial score (nSPS) is 25.7. The summed E-state index contributed by atoms with van der Waals surface area (Å²) in [6.07, 6.45) is 0.185. The molecule has 0 radical (unpaired) electrons. The highest BCUT2D eigenvalue weighted by atomic mass is 16.5. The van der Waals surface area contributed by atoms with Gasteiger partial charge in [-0.15, -0.1) is 0 Å². The van der Waals surface area contributed by atoms with E-state index in [1.165, 1.54) is 0 Å². The lowest BCUT2D eigenvalue weighted by Gasteiger charge is -2.18. The molecule has 1 aromatic rings. The van der Waals surface area contributed by atoms with Crippen LogP contribution in [0.3, 0.4) is 0 Å². The Morgan fingerprint density at radius 2 is 2.22 bits per heavy atom. The molecule has 0 aromatic heterocycles. The minimum atomic E-state index is 0.185. The Balaban J connectivity index is 1.90. The zero-order chi connectivity index (χ0) is 12.5. The van der Waals surface area contributed by atoms with Gasteiger partial charge in [-0.05, 0) is 26.0 Å². The third-order valence-corrected chi connectivity index (χ3v) is 3.47. The molecule has 2 aliphatic heterocycles. The lowest BCUT2D eigenvalue weighted by atomic mass is 10.0. The topological polar surface area (TPSA) is 42.5 Å². The van der Waals surface area contributed by atoms with Crippen molar-refractivity contribution in [3.05, 3.63) is 18.2 Å². The van der Waals surface area contributed by atoms with E-state index in [1.807, 2.05) is 26.0 Å². The van der Waals surface area contributed by atoms with Crippen molar-refractivity contribution in [2.75, 3.05) is 30.4 Å². The van der Waals surface area contributed by atoms with E-state index in [0.717, 1.165) is 36.9 Å². The molecule has 18 heavy (non-hydrogen) atoms. The van der Waals surface area contributed by atoms with Crippen LogP contribution in [0.25, 0.3) is 0 Å². The first-order valence-corrected chi connectivity index (χ1v) is 6.62. The van der Waals surface area contributed by atoms with Gasteiger partial charge in [-0.1, -0.05) is 6.07 Å². The Kier molecular flexibility index (Phi) is 3.04. The van der Waals surface area contributed by atoms with Gasteiger partial charge in [0.25, 0.3) is 0 Å². The Labute approximate surface area is 108 Å². The number of hydrogen-bond donors (Lipinski definition) is 2. The van der Waals surface area contributed by atoms with Crippen molar-refractivity contribution in [1.82, 2.24) is 0 Å². The summed E-state index contributed by atoms with van der Waals surface area (Å²) in [6, 6.07) is 6.55. The summed E-state index contributed by atoms with van der Waals surface area (Å²) in [5, 5.41) is 7.07. The summed E-state index contributed by atoms with van der Waals surface area (Å²) >= 11 is 0. The third-order valence-electron chi connectivity index (χ3n) is 3.47. The summed E-state index contributed by atoms with van der Waals surface area (Å²) in [6.45, 7) is 6.65. The second-order valence-corrected chi connectivity index (χ2v) is 5.27. The average molecular weight is 248 g/mol. The number of benzene rings is 1. The summed E-state index contributed by atoms with van der Waals surface area (Å²) in [4.78, 5) is 0. The van der Waals surface area contributed by atoms with Crippen molar-refractivity contribution in [1.29, 1.82) is 0 Å². The lowest BCUT2D eigenvalue weighted by molar-refractivity contribution is 0.186. The van der Waals surface area contributed by atoms with Crippen LogP contribution in [-0.2, 0) is 4.74 Å². The fourth-order valence-electron chi connectivity index (χ4n) is 2.58. The molecule has 0 bridgehead atoms. The van der Waals surface area contributed by atoms with Crippen LogP contribution < -0.4 is 15.4 Å². The molecule has 1 fully saturated rings. The van der Waals surface area contributed by atoms with Crippen LogP contribution >= 0.6 is 0 Å². The summed E-state index contributed by atoms with van der Waals surface area (Å²) in [7, 11) is 0. The quantitative estimate of drug-likeness (QED) is 0.843. The van der Waals surface area contributed by atoms with Gasteiger partial charge in [0, 0.05) is 12.5 Å². The van der Waals surface area contributed by atoms with Gasteiger partial charge in [-0.3, -0.25) is 0 Å². The number of anilines is 2. The Hall–Kier alpha value is -1.42. The van der Waals surface area contributed by atoms with Crippen LogP contribution in [0.1, 0.15) is 13.8 Å². The molecule has 2 aliphatic rings. The van der Waals surface area contributed by atoms with E-state index in [0.29, 0.717) is 12.0 Å². The molecule has 0 amide bonds. The van der Waals surface area contributed by atoms with Gasteiger partial charge >= 0.3 is 0 Å². The zero-order valence-electron chi connectivity index (χ0n) is 10.9. The number of ether oxygens (including phenoxy) is 2. The van der Waals surface area contributed by atoms with Gasteiger partial charge in [0.1, 0.15) is 11.4 Å². The molecule has 2 heterocycles. The summed E-state index contributed by atoms with van der Waals surface area (Å²) in [5.41, 5.74) is 2.20. The fraction of sp³-hybridized carbons (Fsp3) is 0.571. The first kappa shape index (κ1) is 11.7. The minimum absolute atomic E-state index is 0.185. The van der Waals surface area contributed by atoms with Gasteiger partial charge in [0.05, 0.1) is 31.0 Å². The number of para-hydroxylation sites is 1. The van der Waals surface area contributed by atoms with Crippen molar-refractivity contribution in [2.45, 2.75) is 26.0 Å². The third kappa shape index (κ3) is 2.12. The standard InChI is InChI=1S/C14H20N2O2/c1-9(2)18-13-5-3-4-11-14(13)15-6-10-7-17-8-12(10)16-11/h3-5,9-10,12,15-16H,6-8H2,1-2H3. The first-order chi connectivity index (χ1) is 8.74. The van der Waals surface area contributed by atoms with Crippen LogP contribution in [0.15, 0.2) is 18.2 Å². The molecule has 4 nitrogen and oxygen atoms in total. The second kappa shape index (κ2) is 4.69. The van der Waals surface area contributed by atoms with Gasteiger partial charge in [0.2, 0.25) is 0 Å². The smallest absolute Gasteiger partial charge is 0.144 e. The highest BCUT2D eigenvalue weighted by molar-refractivity contribution is 5.76. The second-order valence-electron chi connectivity index (χ2n) is 5.27. The number of nitrogens with one attached hydrogen (secondary N) is 2. The highest BCUT2D eigenvalue weighted by Gasteiger charge is 2.31. The fourth-order valence-corrected chi connectivity index (χ4v) is 2.58. The molecule has 4 heteroatoms. The number of rotatable bonds is 2. The zero-order valence-corrected chi connectivity index (χ0v) is 10.9. The van der Waals surface area contributed by atoms with Crippen LogP contribution in [0.5, 0.6) is 5.75 Å². The highest BCUT2D eigenvalue weighted by Crippen LogP contribution is 2.37. The van der Waals surface area contributed by atoms with E-state index in [4.69, 9.17) is 9.47 Å². The van der Waals surface area contributed by atoms with E-state index in [1.54, 1.807) is 0 Å². The molecule has 0 aliphatic carbocycles. The molecule has 1 saturated heterocycles. The average Bonchev–Trinajstić information content (AvgIpc) is 2.68. The van der Waals surface area contributed by atoms with E-state index in [2.05, 4.69) is 16.7 Å². The number of fused-ring (bicyclic) bond motifs is 2. The molecular formula is C14H20N2O2. The summed E-state index contributed by atoms with van der Waals surface area (Å²) in [5.74, 6) is 1.46. The van der Waals surface area contributed by atoms with E-state index < -0.39 is 0 Å². The predicted molar refractivity (Wildman–Crippen MR) is 72.4 cm³/mol. The molecule has 2 N–H and O–H groups in total. The molecule has 2 unspecified atom stereocenters. The summed E-state index contributed by atoms with van der Waals surface area (Å²) < 4.78 is 11.4. The maximum atomic E-state index is 5.86. The molecule has 1 aromatic carbocycles. The van der Waals surface area contributed by atoms with Crippen molar-refractivity contribution in [3.8, 4) is 5.75 Å². The largest absolute Gasteiger partial charge is 0.489 e. The molecule has 2 atom stereocenters. The molecular weight excluding hydrogens is 228 g/mol. The van der Waals surface area contributed by atoms with Gasteiger partial charge in [0.15, 0.2) is 0 Å². The molecule has 3 rings (SSSR count). The molecule has 0 saturated carbocycles. The lowest BCUT2D eigenvalue weighted by Crippen LogP contribution is -2.29. The maximum absolute atomic E-state index is 5.86. The molecule has 0 spiro atoms. The van der Waals surface area contributed by atoms with Crippen LogP contribution in [-0.4, -0.2) is 31.9 Å². The predicted octanol–water partition coefficient (Wildman–Crippen LogP) is 2.33. The van der Waals surface area contributed by atoms with Crippen LogP contribution in [0, 0.1) is 5.92 Å². The van der Waals surface area contributed by atoms with Gasteiger partial charge < -0.3 is 20.1 Å². The maximum Gasteiger partial charge on any atom is 0.144 e. The Bertz CT molecular complexity index is 434. The molecule has 98 valence electrons. The van der Waals surface area contributed by atoms with E-state index in [-0.39, 0.29) is 6.10 Å². The van der Waals surface area contributed by atoms with E-state index >= 15 is 0 Å². The minimum Gasteiger partial charge on any atom is -0.489 e. The van der Waals surface area contributed by atoms with Crippen molar-refractivity contribution < 1.29 is 9.47 Å². The van der Waals surface area contributed by atoms with E-state index in [9.17, 15) is 0 Å². The Morgan fingerprint density at radius 3 is 3.06 bits per heavy atom. The first-order valence-electron chi connectivity index (χ1n) is 6.62. The van der Waals surface area contributed by atoms with Crippen molar-refractivity contribution in [3.63, 3.8) is 0 Å². The van der Waals surface area contributed by atoms with Gasteiger partial charge in [-0.2, -0.15) is 0 Å². The SMILES string of the molecule is CC(C)Oc1cccc2c1NCC1COCC1N2. The van der Waals surface area contributed by atoms with Crippen molar-refractivity contribution in [2.24, 2.45) is 5.92 Å². The number of hydrogen-bond acceptors (Lipinski definition) is 4. The monoisotopic (exact) mass is 248 g/mol. The van der Waals surface area contributed by atoms with Gasteiger partial charge in [-0.25, -0.2) is 0 Å². The van der Waals surface area contributed by atoms with Crippen LogP contribution in [0.2, 0.25) is 0 Å². The Morgan fingerprint density at radius 1 is 1.33 bits per heavy atom.